The second kappa shape index (κ2) is 8.91. The molecule has 0 aliphatic rings. The number of aliphatic carboxylic acids is 1. The number of tetrazole rings is 1. The van der Waals surface area contributed by atoms with Gasteiger partial charge >= 0.3 is 5.97 Å². The number of rotatable bonds is 9. The number of carbonyl (C=O) groups is 2. The molecule has 1 amide bonds. The van der Waals surface area contributed by atoms with Gasteiger partial charge in [-0.25, -0.2) is 9.48 Å². The number of hydrogen-bond donors (Lipinski definition) is 2. The zero-order chi connectivity index (χ0) is 18.2. The lowest BCUT2D eigenvalue weighted by atomic mass is 9.99. The summed E-state index contributed by atoms with van der Waals surface area (Å²) in [5.74, 6) is -1.17. The van der Waals surface area contributed by atoms with Crippen molar-refractivity contribution in [3.63, 3.8) is 0 Å². The molecule has 2 atom stereocenters. The fourth-order valence-corrected chi connectivity index (χ4v) is 2.45. The van der Waals surface area contributed by atoms with Crippen molar-refractivity contribution in [1.29, 1.82) is 0 Å². The monoisotopic (exact) mass is 345 g/mol. The summed E-state index contributed by atoms with van der Waals surface area (Å²) in [7, 11) is 0. The van der Waals surface area contributed by atoms with E-state index in [1.165, 1.54) is 0 Å². The van der Waals surface area contributed by atoms with Gasteiger partial charge < -0.3 is 10.4 Å². The summed E-state index contributed by atoms with van der Waals surface area (Å²) in [4.78, 5) is 23.5. The Bertz CT molecular complexity index is 701. The van der Waals surface area contributed by atoms with Gasteiger partial charge in [0.15, 0.2) is 5.82 Å². The van der Waals surface area contributed by atoms with Crippen LogP contribution in [0, 0.1) is 5.92 Å². The number of hydrogen-bond acceptors (Lipinski definition) is 5. The van der Waals surface area contributed by atoms with E-state index in [1.807, 2.05) is 37.3 Å². The van der Waals surface area contributed by atoms with Crippen LogP contribution in [-0.2, 0) is 29.0 Å². The Hall–Kier alpha value is -2.77. The molecule has 0 radical (unpaired) electrons. The van der Waals surface area contributed by atoms with Gasteiger partial charge in [0.25, 0.3) is 0 Å². The highest BCUT2D eigenvalue weighted by atomic mass is 16.4. The normalized spacial score (nSPS) is 13.2. The first-order chi connectivity index (χ1) is 12.0. The van der Waals surface area contributed by atoms with Crippen molar-refractivity contribution in [1.82, 2.24) is 25.5 Å². The molecule has 2 rings (SSSR count). The van der Waals surface area contributed by atoms with Crippen LogP contribution in [-0.4, -0.2) is 43.2 Å². The fraction of sp³-hybridized carbons (Fsp3) is 0.471. The maximum Gasteiger partial charge on any atom is 0.326 e. The highest BCUT2D eigenvalue weighted by Crippen LogP contribution is 2.08. The molecule has 0 bridgehead atoms. The molecule has 0 fully saturated rings. The molecule has 8 heteroatoms. The molecule has 2 unspecified atom stereocenters. The highest BCUT2D eigenvalue weighted by Gasteiger charge is 2.26. The van der Waals surface area contributed by atoms with Gasteiger partial charge in [0.1, 0.15) is 6.04 Å². The lowest BCUT2D eigenvalue weighted by molar-refractivity contribution is -0.143. The first-order valence-corrected chi connectivity index (χ1v) is 8.32. The summed E-state index contributed by atoms with van der Waals surface area (Å²) in [6.45, 7) is 4.23. The van der Waals surface area contributed by atoms with E-state index in [0.717, 1.165) is 12.0 Å². The Balaban J connectivity index is 1.95. The maximum absolute atomic E-state index is 12.2. The predicted octanol–water partition coefficient (Wildman–Crippen LogP) is 1.07. The SMILES string of the molecule is CCC(C)C(NC(=O)Cc1nnnn1CCc1ccccc1)C(=O)O. The molecule has 0 aliphatic carbocycles. The van der Waals surface area contributed by atoms with Gasteiger partial charge in [-0.3, -0.25) is 4.79 Å². The molecule has 0 saturated heterocycles. The Morgan fingerprint density at radius 2 is 2.00 bits per heavy atom. The van der Waals surface area contributed by atoms with E-state index in [0.29, 0.717) is 18.8 Å². The molecule has 8 nitrogen and oxygen atoms in total. The molecule has 1 aromatic heterocycles. The van der Waals surface area contributed by atoms with Gasteiger partial charge in [0.2, 0.25) is 5.91 Å². The highest BCUT2D eigenvalue weighted by molar-refractivity contribution is 5.84. The van der Waals surface area contributed by atoms with Gasteiger partial charge in [-0.2, -0.15) is 0 Å². The van der Waals surface area contributed by atoms with Crippen LogP contribution in [0.5, 0.6) is 0 Å². The molecule has 2 aromatic rings. The number of amides is 1. The van der Waals surface area contributed by atoms with Crippen LogP contribution in [0.15, 0.2) is 30.3 Å². The van der Waals surface area contributed by atoms with Gasteiger partial charge in [0, 0.05) is 6.54 Å². The number of carbonyl (C=O) groups excluding carboxylic acids is 1. The molecule has 0 aliphatic heterocycles. The number of nitrogens with one attached hydrogen (secondary N) is 1. The lowest BCUT2D eigenvalue weighted by Gasteiger charge is -2.19. The van der Waals surface area contributed by atoms with Crippen molar-refractivity contribution in [3.05, 3.63) is 41.7 Å². The molecule has 1 heterocycles. The Morgan fingerprint density at radius 1 is 1.28 bits per heavy atom. The maximum atomic E-state index is 12.2. The summed E-state index contributed by atoms with van der Waals surface area (Å²) in [5.41, 5.74) is 1.15. The van der Waals surface area contributed by atoms with E-state index in [4.69, 9.17) is 0 Å². The van der Waals surface area contributed by atoms with E-state index >= 15 is 0 Å². The van der Waals surface area contributed by atoms with Crippen LogP contribution in [0.25, 0.3) is 0 Å². The van der Waals surface area contributed by atoms with Gasteiger partial charge in [-0.1, -0.05) is 50.6 Å². The van der Waals surface area contributed by atoms with Crippen molar-refractivity contribution in [2.75, 3.05) is 0 Å². The first kappa shape index (κ1) is 18.6. The van der Waals surface area contributed by atoms with E-state index < -0.39 is 17.9 Å². The predicted molar refractivity (Wildman–Crippen MR) is 90.7 cm³/mol. The van der Waals surface area contributed by atoms with Crippen molar-refractivity contribution in [3.8, 4) is 0 Å². The van der Waals surface area contributed by atoms with E-state index in [2.05, 4.69) is 20.8 Å². The van der Waals surface area contributed by atoms with Crippen LogP contribution >= 0.6 is 0 Å². The standard InChI is InChI=1S/C17H23N5O3/c1-3-12(2)16(17(24)25)18-15(23)11-14-19-20-21-22(14)10-9-13-7-5-4-6-8-13/h4-8,12,16H,3,9-11H2,1-2H3,(H,18,23)(H,24,25). The molecule has 1 aromatic carbocycles. The molecule has 2 N–H and O–H groups in total. The minimum atomic E-state index is -1.04. The molecular weight excluding hydrogens is 322 g/mol. The summed E-state index contributed by atoms with van der Waals surface area (Å²) < 4.78 is 1.58. The Morgan fingerprint density at radius 3 is 2.64 bits per heavy atom. The Labute approximate surface area is 146 Å². The molecule has 25 heavy (non-hydrogen) atoms. The van der Waals surface area contributed by atoms with Crippen molar-refractivity contribution < 1.29 is 14.7 Å². The summed E-state index contributed by atoms with van der Waals surface area (Å²) >= 11 is 0. The van der Waals surface area contributed by atoms with Crippen LogP contribution in [0.2, 0.25) is 0 Å². The second-order valence-electron chi connectivity index (χ2n) is 6.00. The number of nitrogens with zero attached hydrogens (tertiary/aromatic N) is 4. The van der Waals surface area contributed by atoms with Crippen molar-refractivity contribution in [2.45, 2.75) is 45.7 Å². The zero-order valence-electron chi connectivity index (χ0n) is 14.4. The van der Waals surface area contributed by atoms with E-state index in [-0.39, 0.29) is 12.3 Å². The minimum absolute atomic E-state index is 0.0536. The minimum Gasteiger partial charge on any atom is -0.480 e. The van der Waals surface area contributed by atoms with Gasteiger partial charge in [-0.05, 0) is 28.3 Å². The topological polar surface area (TPSA) is 110 Å². The third-order valence-electron chi connectivity index (χ3n) is 4.18. The van der Waals surface area contributed by atoms with Crippen LogP contribution in [0.3, 0.4) is 0 Å². The zero-order valence-corrected chi connectivity index (χ0v) is 14.4. The second-order valence-corrected chi connectivity index (χ2v) is 6.00. The average molecular weight is 345 g/mol. The number of aromatic nitrogens is 4. The number of benzene rings is 1. The number of aryl methyl sites for hydroxylation is 2. The van der Waals surface area contributed by atoms with Crippen LogP contribution in [0.4, 0.5) is 0 Å². The van der Waals surface area contributed by atoms with Gasteiger partial charge in [0.05, 0.1) is 6.42 Å². The molecule has 0 saturated carbocycles. The van der Waals surface area contributed by atoms with Crippen molar-refractivity contribution >= 4 is 11.9 Å². The van der Waals surface area contributed by atoms with Crippen molar-refractivity contribution in [2.24, 2.45) is 5.92 Å². The first-order valence-electron chi connectivity index (χ1n) is 8.32. The molecular formula is C17H23N5O3. The molecule has 0 spiro atoms. The third kappa shape index (κ3) is 5.37. The largest absolute Gasteiger partial charge is 0.480 e. The smallest absolute Gasteiger partial charge is 0.326 e. The summed E-state index contributed by atoms with van der Waals surface area (Å²) in [5, 5.41) is 23.2. The Kier molecular flexibility index (Phi) is 6.62. The van der Waals surface area contributed by atoms with Gasteiger partial charge in [-0.15, -0.1) is 5.10 Å². The number of carboxylic acids is 1. The van der Waals surface area contributed by atoms with Crippen LogP contribution in [0.1, 0.15) is 31.7 Å². The quantitative estimate of drug-likeness (QED) is 0.703. The summed E-state index contributed by atoms with van der Waals surface area (Å²) in [6.07, 6.45) is 1.35. The fourth-order valence-electron chi connectivity index (χ4n) is 2.45. The van der Waals surface area contributed by atoms with E-state index in [9.17, 15) is 14.7 Å². The third-order valence-corrected chi connectivity index (χ3v) is 4.18. The average Bonchev–Trinajstić information content (AvgIpc) is 3.04. The van der Waals surface area contributed by atoms with Crippen LogP contribution < -0.4 is 5.32 Å². The van der Waals surface area contributed by atoms with E-state index in [1.54, 1.807) is 11.6 Å². The number of carboxylic acid groups (broad SMARTS) is 1. The molecule has 134 valence electrons. The lowest BCUT2D eigenvalue weighted by Crippen LogP contribution is -2.45. The summed E-state index contributed by atoms with van der Waals surface area (Å²) in [6, 6.07) is 8.99.